The van der Waals surface area contributed by atoms with E-state index < -0.39 is 0 Å². The van der Waals surface area contributed by atoms with E-state index in [1.54, 1.807) is 0 Å². The minimum atomic E-state index is -0.180. The molecule has 4 N–H and O–H groups in total. The Hall–Kier alpha value is -0.770. The second-order valence-electron chi connectivity index (χ2n) is 4.35. The maximum absolute atomic E-state index is 6.24. The van der Waals surface area contributed by atoms with Gasteiger partial charge >= 0.3 is 0 Å². The fourth-order valence-electron chi connectivity index (χ4n) is 1.71. The SMILES string of the molecule is CCOc1c(Cl)cc(C(N)CN)cc1C(C)C. The van der Waals surface area contributed by atoms with Gasteiger partial charge in [0, 0.05) is 12.6 Å². The zero-order valence-corrected chi connectivity index (χ0v) is 11.4. The van der Waals surface area contributed by atoms with Crippen LogP contribution in [0.2, 0.25) is 5.02 Å². The molecule has 0 aliphatic heterocycles. The molecule has 0 aromatic heterocycles. The lowest BCUT2D eigenvalue weighted by Gasteiger charge is -2.18. The average molecular weight is 257 g/mol. The van der Waals surface area contributed by atoms with Gasteiger partial charge in [0.1, 0.15) is 5.75 Å². The van der Waals surface area contributed by atoms with Crippen molar-refractivity contribution >= 4 is 11.6 Å². The normalized spacial score (nSPS) is 12.9. The summed E-state index contributed by atoms with van der Waals surface area (Å²) in [6, 6.07) is 3.70. The lowest BCUT2D eigenvalue weighted by molar-refractivity contribution is 0.335. The summed E-state index contributed by atoms with van der Waals surface area (Å²) in [7, 11) is 0. The van der Waals surface area contributed by atoms with Gasteiger partial charge in [-0.2, -0.15) is 0 Å². The van der Waals surface area contributed by atoms with E-state index >= 15 is 0 Å². The van der Waals surface area contributed by atoms with Crippen LogP contribution < -0.4 is 16.2 Å². The van der Waals surface area contributed by atoms with E-state index in [4.69, 9.17) is 27.8 Å². The van der Waals surface area contributed by atoms with Crippen molar-refractivity contribution in [1.82, 2.24) is 0 Å². The maximum Gasteiger partial charge on any atom is 0.141 e. The minimum Gasteiger partial charge on any atom is -0.492 e. The van der Waals surface area contributed by atoms with Crippen molar-refractivity contribution in [2.75, 3.05) is 13.2 Å². The van der Waals surface area contributed by atoms with E-state index in [1.165, 1.54) is 0 Å². The Morgan fingerprint density at radius 1 is 1.35 bits per heavy atom. The molecule has 1 unspecified atom stereocenters. The third-order valence-corrected chi connectivity index (χ3v) is 2.97. The van der Waals surface area contributed by atoms with Gasteiger partial charge in [0.15, 0.2) is 0 Å². The quantitative estimate of drug-likeness (QED) is 0.852. The predicted octanol–water partition coefficient (Wildman–Crippen LogP) is 2.82. The van der Waals surface area contributed by atoms with E-state index in [2.05, 4.69) is 13.8 Å². The van der Waals surface area contributed by atoms with E-state index in [-0.39, 0.29) is 6.04 Å². The summed E-state index contributed by atoms with van der Waals surface area (Å²) < 4.78 is 5.59. The Bertz CT molecular complexity index is 380. The van der Waals surface area contributed by atoms with Crippen LogP contribution in [0.25, 0.3) is 0 Å². The van der Waals surface area contributed by atoms with Crippen molar-refractivity contribution in [1.29, 1.82) is 0 Å². The molecule has 0 fully saturated rings. The average Bonchev–Trinajstić information content (AvgIpc) is 2.30. The molecule has 0 heterocycles. The van der Waals surface area contributed by atoms with Crippen LogP contribution in [0.3, 0.4) is 0 Å². The van der Waals surface area contributed by atoms with Crippen LogP contribution in [-0.4, -0.2) is 13.2 Å². The van der Waals surface area contributed by atoms with E-state index in [9.17, 15) is 0 Å². The van der Waals surface area contributed by atoms with E-state index in [0.717, 1.165) is 16.9 Å². The number of ether oxygens (including phenoxy) is 1. The van der Waals surface area contributed by atoms with Crippen LogP contribution in [0.5, 0.6) is 5.75 Å². The number of benzene rings is 1. The Labute approximate surface area is 108 Å². The van der Waals surface area contributed by atoms with Gasteiger partial charge in [-0.25, -0.2) is 0 Å². The number of hydrogen-bond acceptors (Lipinski definition) is 3. The zero-order chi connectivity index (χ0) is 13.0. The summed E-state index contributed by atoms with van der Waals surface area (Å²) in [5.41, 5.74) is 13.6. The molecule has 0 amide bonds. The summed E-state index contributed by atoms with van der Waals surface area (Å²) >= 11 is 6.24. The number of halogens is 1. The molecule has 0 bridgehead atoms. The van der Waals surface area contributed by atoms with Crippen LogP contribution in [-0.2, 0) is 0 Å². The summed E-state index contributed by atoms with van der Waals surface area (Å²) in [5, 5.41) is 0.608. The fraction of sp³-hybridized carbons (Fsp3) is 0.538. The molecule has 3 nitrogen and oxygen atoms in total. The van der Waals surface area contributed by atoms with Gasteiger partial charge in [0.25, 0.3) is 0 Å². The minimum absolute atomic E-state index is 0.180. The van der Waals surface area contributed by atoms with Crippen molar-refractivity contribution in [3.63, 3.8) is 0 Å². The molecule has 0 aliphatic carbocycles. The molecule has 1 aromatic carbocycles. The first-order chi connectivity index (χ1) is 8.01. The van der Waals surface area contributed by atoms with Gasteiger partial charge in [-0.3, -0.25) is 0 Å². The number of rotatable bonds is 5. The largest absolute Gasteiger partial charge is 0.492 e. The zero-order valence-electron chi connectivity index (χ0n) is 10.7. The molecule has 1 rings (SSSR count). The number of hydrogen-bond donors (Lipinski definition) is 2. The van der Waals surface area contributed by atoms with Gasteiger partial charge in [-0.15, -0.1) is 0 Å². The lowest BCUT2D eigenvalue weighted by atomic mass is 9.96. The third kappa shape index (κ3) is 3.35. The Morgan fingerprint density at radius 2 is 2.00 bits per heavy atom. The Kier molecular flexibility index (Phi) is 5.25. The Morgan fingerprint density at radius 3 is 2.47 bits per heavy atom. The van der Waals surface area contributed by atoms with Gasteiger partial charge < -0.3 is 16.2 Å². The first-order valence-electron chi connectivity index (χ1n) is 5.93. The molecule has 0 aliphatic rings. The van der Waals surface area contributed by atoms with Gasteiger partial charge in [-0.1, -0.05) is 31.5 Å². The van der Waals surface area contributed by atoms with Crippen molar-refractivity contribution in [3.05, 3.63) is 28.3 Å². The molecule has 0 spiro atoms. The van der Waals surface area contributed by atoms with Gasteiger partial charge in [0.2, 0.25) is 0 Å². The first kappa shape index (κ1) is 14.3. The summed E-state index contributed by atoms with van der Waals surface area (Å²) in [5.74, 6) is 1.09. The number of nitrogens with two attached hydrogens (primary N) is 2. The van der Waals surface area contributed by atoms with Crippen LogP contribution in [0, 0.1) is 0 Å². The lowest BCUT2D eigenvalue weighted by Crippen LogP contribution is -2.21. The molecule has 0 radical (unpaired) electrons. The predicted molar refractivity (Wildman–Crippen MR) is 72.7 cm³/mol. The van der Waals surface area contributed by atoms with Crippen LogP contribution in [0.15, 0.2) is 12.1 Å². The highest BCUT2D eigenvalue weighted by atomic mass is 35.5. The van der Waals surface area contributed by atoms with Crippen LogP contribution in [0.4, 0.5) is 0 Å². The highest BCUT2D eigenvalue weighted by molar-refractivity contribution is 6.32. The maximum atomic E-state index is 6.24. The highest BCUT2D eigenvalue weighted by Gasteiger charge is 2.16. The summed E-state index contributed by atoms with van der Waals surface area (Å²) in [6.45, 7) is 7.15. The highest BCUT2D eigenvalue weighted by Crippen LogP contribution is 2.36. The second kappa shape index (κ2) is 6.24. The van der Waals surface area contributed by atoms with Gasteiger partial charge in [0.05, 0.1) is 11.6 Å². The molecular formula is C13H21ClN2O. The molecular weight excluding hydrogens is 236 g/mol. The topological polar surface area (TPSA) is 61.3 Å². The van der Waals surface area contributed by atoms with E-state index in [1.807, 2.05) is 19.1 Å². The molecule has 96 valence electrons. The standard InChI is InChI=1S/C13H21ClN2O/c1-4-17-13-10(8(2)3)5-9(6-11(13)14)12(16)7-15/h5-6,8,12H,4,7,15-16H2,1-3H3. The molecule has 17 heavy (non-hydrogen) atoms. The summed E-state index contributed by atoms with van der Waals surface area (Å²) in [6.07, 6.45) is 0. The van der Waals surface area contributed by atoms with Crippen molar-refractivity contribution in [2.45, 2.75) is 32.7 Å². The monoisotopic (exact) mass is 256 g/mol. The van der Waals surface area contributed by atoms with Gasteiger partial charge in [-0.05, 0) is 30.0 Å². The molecule has 4 heteroatoms. The van der Waals surface area contributed by atoms with Crippen LogP contribution in [0.1, 0.15) is 43.9 Å². The van der Waals surface area contributed by atoms with Crippen molar-refractivity contribution < 1.29 is 4.74 Å². The second-order valence-corrected chi connectivity index (χ2v) is 4.76. The summed E-state index contributed by atoms with van der Waals surface area (Å²) in [4.78, 5) is 0. The van der Waals surface area contributed by atoms with Crippen LogP contribution >= 0.6 is 11.6 Å². The third-order valence-electron chi connectivity index (χ3n) is 2.69. The first-order valence-corrected chi connectivity index (χ1v) is 6.30. The molecule has 1 aromatic rings. The molecule has 0 saturated carbocycles. The Balaban J connectivity index is 3.25. The van der Waals surface area contributed by atoms with Crippen molar-refractivity contribution in [3.8, 4) is 5.75 Å². The molecule has 0 saturated heterocycles. The molecule has 1 atom stereocenters. The van der Waals surface area contributed by atoms with Crippen molar-refractivity contribution in [2.24, 2.45) is 11.5 Å². The van der Waals surface area contributed by atoms with E-state index in [0.29, 0.717) is 24.1 Å². The smallest absolute Gasteiger partial charge is 0.141 e. The fourth-order valence-corrected chi connectivity index (χ4v) is 2.00.